The third-order valence-electron chi connectivity index (χ3n) is 3.58. The van der Waals surface area contributed by atoms with E-state index >= 15 is 0 Å². The molecule has 0 aliphatic carbocycles. The lowest BCUT2D eigenvalue weighted by molar-refractivity contribution is -0.123. The van der Waals surface area contributed by atoms with Crippen molar-refractivity contribution in [2.45, 2.75) is 39.7 Å². The van der Waals surface area contributed by atoms with Crippen molar-refractivity contribution in [2.24, 2.45) is 5.41 Å². The van der Waals surface area contributed by atoms with E-state index in [2.05, 4.69) is 10.6 Å². The quantitative estimate of drug-likeness (QED) is 0.898. The average molecular weight is 304 g/mol. The van der Waals surface area contributed by atoms with Gasteiger partial charge in [-0.1, -0.05) is 26.8 Å². The predicted molar refractivity (Wildman–Crippen MR) is 85.8 cm³/mol. The van der Waals surface area contributed by atoms with E-state index in [4.69, 9.17) is 4.74 Å². The first kappa shape index (κ1) is 16.5. The normalized spacial score (nSPS) is 18.0. The standard InChI is InChI=1S/C17H24N2O3/c1-17(2,3)16(21)19-13-7-4-6-12(10-13)15(20)18-11-14-8-5-9-22-14/h4,6-7,10,14H,5,8-9,11H2,1-3H3,(H,18,20)(H,19,21)/t14-/m0/s1. The number of carbonyl (C=O) groups excluding carboxylic acids is 2. The number of nitrogens with one attached hydrogen (secondary N) is 2. The molecule has 0 radical (unpaired) electrons. The van der Waals surface area contributed by atoms with Crippen LogP contribution in [0.1, 0.15) is 44.0 Å². The third kappa shape index (κ3) is 4.56. The van der Waals surface area contributed by atoms with E-state index in [1.165, 1.54) is 0 Å². The summed E-state index contributed by atoms with van der Waals surface area (Å²) >= 11 is 0. The molecule has 2 N–H and O–H groups in total. The highest BCUT2D eigenvalue weighted by Gasteiger charge is 2.21. The van der Waals surface area contributed by atoms with Gasteiger partial charge in [-0.25, -0.2) is 0 Å². The van der Waals surface area contributed by atoms with Gasteiger partial charge in [-0.05, 0) is 31.0 Å². The molecule has 5 heteroatoms. The molecule has 5 nitrogen and oxygen atoms in total. The van der Waals surface area contributed by atoms with Crippen LogP contribution in [0.2, 0.25) is 0 Å². The maximum Gasteiger partial charge on any atom is 0.251 e. The van der Waals surface area contributed by atoms with Crippen molar-refractivity contribution in [2.75, 3.05) is 18.5 Å². The Morgan fingerprint density at radius 1 is 1.32 bits per heavy atom. The fourth-order valence-electron chi connectivity index (χ4n) is 2.17. The Morgan fingerprint density at radius 2 is 2.09 bits per heavy atom. The Bertz CT molecular complexity index is 543. The summed E-state index contributed by atoms with van der Waals surface area (Å²) in [5.74, 6) is -0.230. The SMILES string of the molecule is CC(C)(C)C(=O)Nc1cccc(C(=O)NC[C@@H]2CCCO2)c1. The second-order valence-corrected chi connectivity index (χ2v) is 6.63. The monoisotopic (exact) mass is 304 g/mol. The number of carbonyl (C=O) groups is 2. The second-order valence-electron chi connectivity index (χ2n) is 6.63. The Hall–Kier alpha value is -1.88. The van der Waals surface area contributed by atoms with E-state index in [0.29, 0.717) is 17.8 Å². The fourth-order valence-corrected chi connectivity index (χ4v) is 2.17. The van der Waals surface area contributed by atoms with Crippen molar-refractivity contribution in [3.05, 3.63) is 29.8 Å². The Kier molecular flexibility index (Phi) is 5.19. The van der Waals surface area contributed by atoms with Crippen molar-refractivity contribution < 1.29 is 14.3 Å². The smallest absolute Gasteiger partial charge is 0.251 e. The second kappa shape index (κ2) is 6.92. The number of hydrogen-bond donors (Lipinski definition) is 2. The minimum Gasteiger partial charge on any atom is -0.376 e. The van der Waals surface area contributed by atoms with Gasteiger partial charge in [0.25, 0.3) is 5.91 Å². The molecule has 1 heterocycles. The molecular weight excluding hydrogens is 280 g/mol. The van der Waals surface area contributed by atoms with Crippen molar-refractivity contribution in [1.82, 2.24) is 5.32 Å². The van der Waals surface area contributed by atoms with Gasteiger partial charge in [0.2, 0.25) is 5.91 Å². The Balaban J connectivity index is 1.95. The molecule has 0 saturated carbocycles. The molecule has 0 spiro atoms. The number of amides is 2. The van der Waals surface area contributed by atoms with Crippen LogP contribution in [0, 0.1) is 5.41 Å². The molecule has 120 valence electrons. The van der Waals surface area contributed by atoms with E-state index in [1.54, 1.807) is 24.3 Å². The zero-order valence-corrected chi connectivity index (χ0v) is 13.4. The van der Waals surface area contributed by atoms with Gasteiger partial charge in [-0.15, -0.1) is 0 Å². The molecular formula is C17H24N2O3. The van der Waals surface area contributed by atoms with Crippen molar-refractivity contribution >= 4 is 17.5 Å². The van der Waals surface area contributed by atoms with Crippen molar-refractivity contribution in [1.29, 1.82) is 0 Å². The van der Waals surface area contributed by atoms with E-state index in [0.717, 1.165) is 19.4 Å². The van der Waals surface area contributed by atoms with Gasteiger partial charge in [0.1, 0.15) is 0 Å². The zero-order chi connectivity index (χ0) is 16.2. The van der Waals surface area contributed by atoms with Crippen LogP contribution in [-0.4, -0.2) is 31.1 Å². The van der Waals surface area contributed by atoms with Gasteiger partial charge in [0.15, 0.2) is 0 Å². The highest BCUT2D eigenvalue weighted by Crippen LogP contribution is 2.18. The predicted octanol–water partition coefficient (Wildman–Crippen LogP) is 2.58. The van der Waals surface area contributed by atoms with Gasteiger partial charge in [0.05, 0.1) is 6.10 Å². The molecule has 0 aromatic heterocycles. The van der Waals surface area contributed by atoms with E-state index < -0.39 is 5.41 Å². The lowest BCUT2D eigenvalue weighted by atomic mass is 9.95. The van der Waals surface area contributed by atoms with Crippen LogP contribution in [-0.2, 0) is 9.53 Å². The number of ether oxygens (including phenoxy) is 1. The fraction of sp³-hybridized carbons (Fsp3) is 0.529. The third-order valence-corrected chi connectivity index (χ3v) is 3.58. The first-order valence-corrected chi connectivity index (χ1v) is 7.67. The highest BCUT2D eigenvalue weighted by atomic mass is 16.5. The molecule has 1 atom stereocenters. The van der Waals surface area contributed by atoms with Crippen LogP contribution >= 0.6 is 0 Å². The average Bonchev–Trinajstić information content (AvgIpc) is 2.97. The van der Waals surface area contributed by atoms with Gasteiger partial charge in [-0.3, -0.25) is 9.59 Å². The van der Waals surface area contributed by atoms with Gasteiger partial charge >= 0.3 is 0 Å². The number of hydrogen-bond acceptors (Lipinski definition) is 3. The van der Waals surface area contributed by atoms with E-state index in [9.17, 15) is 9.59 Å². The summed E-state index contributed by atoms with van der Waals surface area (Å²) in [6.45, 7) is 6.84. The maximum atomic E-state index is 12.2. The minimum absolute atomic E-state index is 0.0792. The summed E-state index contributed by atoms with van der Waals surface area (Å²) in [7, 11) is 0. The van der Waals surface area contributed by atoms with Gasteiger partial charge in [0, 0.05) is 29.8 Å². The molecule has 2 amide bonds. The van der Waals surface area contributed by atoms with Crippen LogP contribution in [0.3, 0.4) is 0 Å². The highest BCUT2D eigenvalue weighted by molar-refractivity contribution is 5.98. The summed E-state index contributed by atoms with van der Waals surface area (Å²) in [6.07, 6.45) is 2.16. The van der Waals surface area contributed by atoms with Gasteiger partial charge < -0.3 is 15.4 Å². The molecule has 1 fully saturated rings. The van der Waals surface area contributed by atoms with Gasteiger partial charge in [-0.2, -0.15) is 0 Å². The maximum absolute atomic E-state index is 12.2. The summed E-state index contributed by atoms with van der Waals surface area (Å²) in [5, 5.41) is 5.71. The van der Waals surface area contributed by atoms with Crippen molar-refractivity contribution in [3.8, 4) is 0 Å². The first-order valence-electron chi connectivity index (χ1n) is 7.67. The molecule has 0 bridgehead atoms. The summed E-state index contributed by atoms with van der Waals surface area (Å²) in [5.41, 5.74) is 0.687. The van der Waals surface area contributed by atoms with Crippen LogP contribution in [0.15, 0.2) is 24.3 Å². The molecule has 1 aromatic rings. The van der Waals surface area contributed by atoms with Crippen LogP contribution in [0.4, 0.5) is 5.69 Å². The number of rotatable bonds is 4. The molecule has 1 aromatic carbocycles. The zero-order valence-electron chi connectivity index (χ0n) is 13.4. The topological polar surface area (TPSA) is 67.4 Å². The largest absolute Gasteiger partial charge is 0.376 e. The first-order chi connectivity index (χ1) is 10.4. The lowest BCUT2D eigenvalue weighted by Crippen LogP contribution is -2.32. The van der Waals surface area contributed by atoms with E-state index in [-0.39, 0.29) is 17.9 Å². The number of anilines is 1. The summed E-state index contributed by atoms with van der Waals surface area (Å²) in [4.78, 5) is 24.1. The molecule has 1 saturated heterocycles. The lowest BCUT2D eigenvalue weighted by Gasteiger charge is -2.18. The number of benzene rings is 1. The van der Waals surface area contributed by atoms with Crippen LogP contribution in [0.5, 0.6) is 0 Å². The van der Waals surface area contributed by atoms with Crippen LogP contribution < -0.4 is 10.6 Å². The Labute approximate surface area is 131 Å². The Morgan fingerprint density at radius 3 is 2.73 bits per heavy atom. The molecule has 0 unspecified atom stereocenters. The molecule has 2 rings (SSSR count). The minimum atomic E-state index is -0.474. The summed E-state index contributed by atoms with van der Waals surface area (Å²) < 4.78 is 5.48. The van der Waals surface area contributed by atoms with Crippen molar-refractivity contribution in [3.63, 3.8) is 0 Å². The van der Waals surface area contributed by atoms with Crippen LogP contribution in [0.25, 0.3) is 0 Å². The van der Waals surface area contributed by atoms with E-state index in [1.807, 2.05) is 20.8 Å². The molecule has 1 aliphatic rings. The summed E-state index contributed by atoms with van der Waals surface area (Å²) in [6, 6.07) is 6.96. The molecule has 1 aliphatic heterocycles. The molecule has 22 heavy (non-hydrogen) atoms.